The predicted molar refractivity (Wildman–Crippen MR) is 63.8 cm³/mol. The van der Waals surface area contributed by atoms with Gasteiger partial charge in [-0.15, -0.1) is 0 Å². The second-order valence-corrected chi connectivity index (χ2v) is 4.87. The van der Waals surface area contributed by atoms with Gasteiger partial charge in [-0.3, -0.25) is 4.79 Å². The van der Waals surface area contributed by atoms with Crippen molar-refractivity contribution in [1.82, 2.24) is 9.80 Å². The topological polar surface area (TPSA) is 23.6 Å². The van der Waals surface area contributed by atoms with Crippen molar-refractivity contribution in [3.05, 3.63) is 0 Å². The zero-order valence-corrected chi connectivity index (χ0v) is 10.7. The molecule has 0 N–H and O–H groups in total. The van der Waals surface area contributed by atoms with E-state index in [1.165, 1.54) is 0 Å². The highest BCUT2D eigenvalue weighted by Gasteiger charge is 2.15. The van der Waals surface area contributed by atoms with Crippen molar-refractivity contribution in [3.63, 3.8) is 0 Å². The fraction of sp³-hybridized carbons (Fsp3) is 0.900. The van der Waals surface area contributed by atoms with Gasteiger partial charge in [0, 0.05) is 31.8 Å². The third kappa shape index (κ3) is 5.50. The van der Waals surface area contributed by atoms with E-state index in [0.717, 1.165) is 13.1 Å². The van der Waals surface area contributed by atoms with Crippen LogP contribution in [-0.2, 0) is 4.79 Å². The first-order valence-corrected chi connectivity index (χ1v) is 6.21. The molecule has 1 atom stereocenters. The Labute approximate surface area is 91.8 Å². The lowest BCUT2D eigenvalue weighted by Gasteiger charge is -2.21. The maximum absolute atomic E-state index is 11.6. The van der Waals surface area contributed by atoms with Crippen LogP contribution in [-0.4, -0.2) is 61.4 Å². The van der Waals surface area contributed by atoms with Gasteiger partial charge in [-0.25, -0.2) is 0 Å². The summed E-state index contributed by atoms with van der Waals surface area (Å²) < 4.78 is 0. The summed E-state index contributed by atoms with van der Waals surface area (Å²) in [4.78, 5) is 15.5. The molecule has 3 nitrogen and oxygen atoms in total. The fourth-order valence-corrected chi connectivity index (χ4v) is 1.91. The molecule has 0 aromatic carbocycles. The molecule has 0 aromatic rings. The molecule has 0 fully saturated rings. The van der Waals surface area contributed by atoms with Crippen LogP contribution in [0.2, 0.25) is 0 Å². The molecule has 0 aliphatic carbocycles. The van der Waals surface area contributed by atoms with Gasteiger partial charge < -0.3 is 9.80 Å². The van der Waals surface area contributed by atoms with Crippen LogP contribution in [0.5, 0.6) is 0 Å². The maximum Gasteiger partial charge on any atom is 0.223 e. The molecule has 0 bridgehead atoms. The normalized spacial score (nSPS) is 13.0. The molecule has 0 radical (unpaired) electrons. The van der Waals surface area contributed by atoms with E-state index in [-0.39, 0.29) is 5.91 Å². The summed E-state index contributed by atoms with van der Waals surface area (Å²) in [5, 5.41) is 0.409. The van der Waals surface area contributed by atoms with Crippen LogP contribution < -0.4 is 0 Å². The number of nitrogens with zero attached hydrogens (tertiary/aromatic N) is 2. The highest BCUT2D eigenvalue weighted by Crippen LogP contribution is 2.12. The van der Waals surface area contributed by atoms with Gasteiger partial charge in [-0.1, -0.05) is 0 Å². The predicted octanol–water partition coefficient (Wildman–Crippen LogP) is 1.15. The average Bonchev–Trinajstić information content (AvgIpc) is 2.14. The Morgan fingerprint density at radius 2 is 1.93 bits per heavy atom. The van der Waals surface area contributed by atoms with Crippen molar-refractivity contribution in [1.29, 1.82) is 0 Å². The van der Waals surface area contributed by atoms with Crippen LogP contribution in [0, 0.1) is 0 Å². The minimum Gasteiger partial charge on any atom is -0.346 e. The van der Waals surface area contributed by atoms with Gasteiger partial charge in [0.05, 0.1) is 0 Å². The van der Waals surface area contributed by atoms with Crippen molar-refractivity contribution < 1.29 is 4.79 Å². The van der Waals surface area contributed by atoms with Crippen molar-refractivity contribution in [3.8, 4) is 0 Å². The van der Waals surface area contributed by atoms with Gasteiger partial charge in [0.2, 0.25) is 5.91 Å². The first kappa shape index (κ1) is 13.8. The minimum absolute atomic E-state index is 0.244. The van der Waals surface area contributed by atoms with Crippen LogP contribution >= 0.6 is 11.8 Å². The van der Waals surface area contributed by atoms with Crippen LogP contribution in [0.15, 0.2) is 0 Å². The summed E-state index contributed by atoms with van der Waals surface area (Å²) in [6.07, 6.45) is 2.71. The fourth-order valence-electron chi connectivity index (χ4n) is 1.16. The largest absolute Gasteiger partial charge is 0.346 e. The molecule has 0 aromatic heterocycles. The highest BCUT2D eigenvalue weighted by molar-refractivity contribution is 7.99. The Morgan fingerprint density at radius 1 is 1.36 bits per heavy atom. The van der Waals surface area contributed by atoms with E-state index >= 15 is 0 Å². The van der Waals surface area contributed by atoms with Gasteiger partial charge in [-0.05, 0) is 27.3 Å². The molecule has 0 saturated heterocycles. The average molecular weight is 218 g/mol. The first-order chi connectivity index (χ1) is 6.51. The zero-order chi connectivity index (χ0) is 11.1. The third-order valence-electron chi connectivity index (χ3n) is 2.20. The van der Waals surface area contributed by atoms with Crippen LogP contribution in [0.1, 0.15) is 13.3 Å². The van der Waals surface area contributed by atoms with E-state index in [9.17, 15) is 4.79 Å². The highest BCUT2D eigenvalue weighted by atomic mass is 32.2. The Balaban J connectivity index is 3.98. The Kier molecular flexibility index (Phi) is 7.01. The molecule has 0 saturated carbocycles. The lowest BCUT2D eigenvalue weighted by Crippen LogP contribution is -2.32. The number of amides is 1. The van der Waals surface area contributed by atoms with E-state index in [1.54, 1.807) is 16.7 Å². The number of thioether (sulfide) groups is 1. The summed E-state index contributed by atoms with van der Waals surface area (Å²) >= 11 is 1.77. The van der Waals surface area contributed by atoms with E-state index in [0.29, 0.717) is 11.7 Å². The standard InChI is InChI=1S/C10H22N2OS/c1-6-12(4)10(13)7-9(14-5)8-11(2)3/h9H,6-8H2,1-5H3. The molecule has 0 rings (SSSR count). The zero-order valence-electron chi connectivity index (χ0n) is 9.91. The summed E-state index contributed by atoms with van der Waals surface area (Å²) in [7, 11) is 5.93. The van der Waals surface area contributed by atoms with Gasteiger partial charge in [0.25, 0.3) is 0 Å². The summed E-state index contributed by atoms with van der Waals surface area (Å²) in [6, 6.07) is 0. The number of hydrogen-bond acceptors (Lipinski definition) is 3. The maximum atomic E-state index is 11.6. The van der Waals surface area contributed by atoms with E-state index in [2.05, 4.69) is 11.2 Å². The summed E-state index contributed by atoms with van der Waals surface area (Å²) in [5.41, 5.74) is 0. The molecule has 84 valence electrons. The molecular formula is C10H22N2OS. The lowest BCUT2D eigenvalue weighted by atomic mass is 10.2. The van der Waals surface area contributed by atoms with Crippen molar-refractivity contribution in [2.45, 2.75) is 18.6 Å². The van der Waals surface area contributed by atoms with Gasteiger partial charge in [-0.2, -0.15) is 11.8 Å². The molecule has 0 heterocycles. The van der Waals surface area contributed by atoms with Crippen molar-refractivity contribution in [2.75, 3.05) is 40.5 Å². The number of carbonyl (C=O) groups is 1. The van der Waals surface area contributed by atoms with E-state index < -0.39 is 0 Å². The number of carbonyl (C=O) groups excluding carboxylic acids is 1. The quantitative estimate of drug-likeness (QED) is 0.668. The van der Waals surface area contributed by atoms with Crippen LogP contribution in [0.3, 0.4) is 0 Å². The number of hydrogen-bond donors (Lipinski definition) is 0. The second kappa shape index (κ2) is 7.12. The lowest BCUT2D eigenvalue weighted by molar-refractivity contribution is -0.129. The Morgan fingerprint density at radius 3 is 2.29 bits per heavy atom. The molecule has 14 heavy (non-hydrogen) atoms. The third-order valence-corrected chi connectivity index (χ3v) is 3.19. The molecule has 4 heteroatoms. The van der Waals surface area contributed by atoms with E-state index in [4.69, 9.17) is 0 Å². The van der Waals surface area contributed by atoms with Crippen LogP contribution in [0.4, 0.5) is 0 Å². The minimum atomic E-state index is 0.244. The molecule has 1 amide bonds. The Bertz CT molecular complexity index is 174. The van der Waals surface area contributed by atoms with Crippen molar-refractivity contribution >= 4 is 17.7 Å². The molecule has 0 aliphatic rings. The molecule has 0 aliphatic heterocycles. The van der Waals surface area contributed by atoms with Gasteiger partial charge >= 0.3 is 0 Å². The first-order valence-electron chi connectivity index (χ1n) is 4.92. The number of rotatable bonds is 6. The second-order valence-electron chi connectivity index (χ2n) is 3.73. The molecular weight excluding hydrogens is 196 g/mol. The van der Waals surface area contributed by atoms with Crippen LogP contribution in [0.25, 0.3) is 0 Å². The summed E-state index contributed by atoms with van der Waals surface area (Å²) in [5.74, 6) is 0.244. The SMILES string of the molecule is CCN(C)C(=O)CC(CN(C)C)SC. The summed E-state index contributed by atoms with van der Waals surface area (Å²) in [6.45, 7) is 3.75. The Hall–Kier alpha value is -0.220. The molecule has 1 unspecified atom stereocenters. The monoisotopic (exact) mass is 218 g/mol. The van der Waals surface area contributed by atoms with Gasteiger partial charge in [0.1, 0.15) is 0 Å². The van der Waals surface area contributed by atoms with Gasteiger partial charge in [0.15, 0.2) is 0 Å². The smallest absolute Gasteiger partial charge is 0.223 e. The molecule has 0 spiro atoms. The van der Waals surface area contributed by atoms with Crippen molar-refractivity contribution in [2.24, 2.45) is 0 Å². The van der Waals surface area contributed by atoms with E-state index in [1.807, 2.05) is 28.1 Å².